The van der Waals surface area contributed by atoms with Gasteiger partial charge in [0.15, 0.2) is 5.15 Å². The van der Waals surface area contributed by atoms with E-state index < -0.39 is 24.3 Å². The Labute approximate surface area is 376 Å². The molecule has 15 nitrogen and oxygen atoms in total. The highest BCUT2D eigenvalue weighted by Gasteiger charge is 2.58. The summed E-state index contributed by atoms with van der Waals surface area (Å²) in [7, 11) is 2.61. The number of benzene rings is 3. The second-order valence-electron chi connectivity index (χ2n) is 18.4. The molecular weight excluding hydrogens is 836 g/mol. The number of amides is 4. The van der Waals surface area contributed by atoms with Crippen molar-refractivity contribution in [1.29, 1.82) is 0 Å². The van der Waals surface area contributed by atoms with Crippen LogP contribution in [0.3, 0.4) is 0 Å². The number of carbonyl (C=O) groups is 4. The first-order valence-corrected chi connectivity index (χ1v) is 22.7. The Hall–Kier alpha value is -5.93. The van der Waals surface area contributed by atoms with Crippen LogP contribution in [0.15, 0.2) is 66.9 Å². The van der Waals surface area contributed by atoms with E-state index in [-0.39, 0.29) is 47.8 Å². The van der Waals surface area contributed by atoms with Gasteiger partial charge in [-0.3, -0.25) is 9.59 Å². The number of ether oxygens (including phenoxy) is 3. The highest BCUT2D eigenvalue weighted by atomic mass is 35.5. The number of nitrogens with one attached hydrogen (secondary N) is 4. The fraction of sp³-hybridized carbons (Fsp3) is 0.458. The van der Waals surface area contributed by atoms with Gasteiger partial charge >= 0.3 is 12.2 Å². The number of hydrogen-bond acceptors (Lipinski definition) is 9. The summed E-state index contributed by atoms with van der Waals surface area (Å²) >= 11 is 6.77. The average molecular weight is 889 g/mol. The molecular formula is C48H53ClN8O7. The van der Waals surface area contributed by atoms with Crippen molar-refractivity contribution in [2.24, 2.45) is 23.7 Å². The summed E-state index contributed by atoms with van der Waals surface area (Å²) in [5.41, 5.74) is 5.55. The van der Waals surface area contributed by atoms with Crippen LogP contribution in [0.2, 0.25) is 5.15 Å². The quantitative estimate of drug-likeness (QED) is 0.103. The van der Waals surface area contributed by atoms with E-state index >= 15 is 0 Å². The minimum Gasteiger partial charge on any atom is -0.453 e. The number of likely N-dealkylation sites (tertiary alicyclic amines) is 2. The summed E-state index contributed by atoms with van der Waals surface area (Å²) in [6.07, 6.45) is 5.53. The largest absolute Gasteiger partial charge is 0.453 e. The normalized spacial score (nSPS) is 24.5. The summed E-state index contributed by atoms with van der Waals surface area (Å²) in [5.74, 6) is 1.85. The fourth-order valence-electron chi connectivity index (χ4n) is 10.5. The summed E-state index contributed by atoms with van der Waals surface area (Å²) in [5, 5.41) is 8.09. The smallest absolute Gasteiger partial charge is 0.407 e. The van der Waals surface area contributed by atoms with Gasteiger partial charge in [-0.25, -0.2) is 19.6 Å². The van der Waals surface area contributed by atoms with Crippen molar-refractivity contribution in [3.8, 4) is 33.6 Å². The molecule has 2 aliphatic carbocycles. The second kappa shape index (κ2) is 16.9. The van der Waals surface area contributed by atoms with Crippen LogP contribution in [0.25, 0.3) is 44.4 Å². The van der Waals surface area contributed by atoms with Crippen LogP contribution in [0.4, 0.5) is 9.59 Å². The molecule has 3 saturated heterocycles. The van der Waals surface area contributed by atoms with Gasteiger partial charge in [-0.05, 0) is 96.2 Å². The molecule has 334 valence electrons. The van der Waals surface area contributed by atoms with E-state index in [4.69, 9.17) is 35.8 Å². The van der Waals surface area contributed by atoms with Crippen LogP contribution >= 0.6 is 11.6 Å². The molecule has 0 spiro atoms. The molecule has 2 saturated carbocycles. The van der Waals surface area contributed by atoms with E-state index in [1.807, 2.05) is 42.0 Å². The van der Waals surface area contributed by atoms with Crippen molar-refractivity contribution >= 4 is 46.4 Å². The van der Waals surface area contributed by atoms with Gasteiger partial charge < -0.3 is 44.6 Å². The third kappa shape index (κ3) is 7.86. The minimum atomic E-state index is -0.714. The first kappa shape index (κ1) is 42.0. The zero-order valence-corrected chi connectivity index (χ0v) is 37.1. The van der Waals surface area contributed by atoms with Crippen LogP contribution in [-0.4, -0.2) is 105 Å². The molecule has 16 heteroatoms. The van der Waals surface area contributed by atoms with Gasteiger partial charge in [0.2, 0.25) is 11.8 Å². The highest BCUT2D eigenvalue weighted by molar-refractivity contribution is 6.32. The summed E-state index contributed by atoms with van der Waals surface area (Å²) < 4.78 is 15.3. The number of H-pyrrole nitrogens is 2. The predicted molar refractivity (Wildman–Crippen MR) is 239 cm³/mol. The number of rotatable bonds is 11. The Bertz CT molecular complexity index is 2610. The monoisotopic (exact) mass is 888 g/mol. The van der Waals surface area contributed by atoms with Crippen LogP contribution in [-0.2, 0) is 23.8 Å². The number of fused-ring (bicyclic) bond motifs is 3. The zero-order chi connectivity index (χ0) is 44.4. The Morgan fingerprint density at radius 2 is 1.31 bits per heavy atom. The molecule has 0 unspecified atom stereocenters. The highest BCUT2D eigenvalue weighted by Crippen LogP contribution is 2.55. The SMILES string of the molecule is COC(=O)N[C@H](C(=O)N1[C@@H]2C[C@@H]2C[C@H]1c1nc(Cl)c(-c2ccc(-c3ccc4cc(-c5cnc([C@@H]6C[C@H]7C[C@H]7N6C(=O)[C@@H](NC(=O)OC)C6CCOCC6)[nH]5)ccc4c3)cc2)[nH]1)C(C)C. The Kier molecular flexibility index (Phi) is 11.1. The molecule has 0 bridgehead atoms. The minimum absolute atomic E-state index is 0.0260. The second-order valence-corrected chi connectivity index (χ2v) is 18.7. The first-order valence-electron chi connectivity index (χ1n) is 22.4. The van der Waals surface area contributed by atoms with Crippen molar-refractivity contribution in [2.75, 3.05) is 27.4 Å². The number of carbonyl (C=O) groups excluding carboxylic acids is 4. The average Bonchev–Trinajstić information content (AvgIpc) is 3.96. The fourth-order valence-corrected chi connectivity index (χ4v) is 10.7. The maximum atomic E-state index is 14.3. The van der Waals surface area contributed by atoms with Crippen LogP contribution < -0.4 is 10.6 Å². The number of imidazole rings is 2. The van der Waals surface area contributed by atoms with E-state index in [0.717, 1.165) is 70.2 Å². The van der Waals surface area contributed by atoms with Gasteiger partial charge in [-0.2, -0.15) is 0 Å². The van der Waals surface area contributed by atoms with Crippen LogP contribution in [0.1, 0.15) is 76.1 Å². The van der Waals surface area contributed by atoms with Gasteiger partial charge in [-0.1, -0.05) is 74.0 Å². The zero-order valence-electron chi connectivity index (χ0n) is 36.3. The van der Waals surface area contributed by atoms with Crippen LogP contribution in [0.5, 0.6) is 0 Å². The molecule has 5 heterocycles. The molecule has 4 N–H and O–H groups in total. The molecule has 10 rings (SSSR count). The Balaban J connectivity index is 0.831. The lowest BCUT2D eigenvalue weighted by Crippen LogP contribution is -2.54. The van der Waals surface area contributed by atoms with Gasteiger partial charge in [0.1, 0.15) is 23.7 Å². The third-order valence-corrected chi connectivity index (χ3v) is 14.4. The molecule has 3 aromatic carbocycles. The molecule has 5 aliphatic rings. The van der Waals surface area contributed by atoms with Crippen molar-refractivity contribution in [3.05, 3.63) is 83.7 Å². The lowest BCUT2D eigenvalue weighted by atomic mass is 9.90. The van der Waals surface area contributed by atoms with E-state index in [1.165, 1.54) is 14.2 Å². The number of aromatic nitrogens is 4. The lowest BCUT2D eigenvalue weighted by molar-refractivity contribution is -0.138. The van der Waals surface area contributed by atoms with E-state index in [0.29, 0.717) is 54.6 Å². The molecule has 2 aromatic heterocycles. The van der Waals surface area contributed by atoms with Crippen LogP contribution in [0, 0.1) is 23.7 Å². The maximum absolute atomic E-state index is 14.3. The summed E-state index contributed by atoms with van der Waals surface area (Å²) in [4.78, 5) is 73.0. The molecule has 8 atom stereocenters. The number of nitrogens with zero attached hydrogens (tertiary/aromatic N) is 4. The van der Waals surface area contributed by atoms with Crippen molar-refractivity contribution in [1.82, 2.24) is 40.4 Å². The lowest BCUT2D eigenvalue weighted by Gasteiger charge is -2.35. The maximum Gasteiger partial charge on any atom is 0.407 e. The molecule has 0 radical (unpaired) electrons. The number of hydrogen-bond donors (Lipinski definition) is 4. The van der Waals surface area contributed by atoms with E-state index in [1.54, 1.807) is 0 Å². The number of halogens is 1. The first-order chi connectivity index (χ1) is 31.0. The van der Waals surface area contributed by atoms with Crippen molar-refractivity contribution in [3.63, 3.8) is 0 Å². The standard InChI is InChI=1S/C48H53ClN8O7/c1-24(2)39(53-47(60)62-3)45(58)57-36-20-33(36)22-38(57)44-52-40(42(49)55-44)26-7-5-25(6-8-26)28-9-10-30-18-31(12-11-29(30)17-28)34-23-50-43(51-34)37-21-32-19-35(32)56(37)46(59)41(54-48(61)63-4)27-13-15-64-16-14-27/h5-12,17-18,23-24,27,32-33,35-39,41H,13-16,19-22H2,1-4H3,(H,50,51)(H,52,55)(H,53,60)(H,54,61)/t32-,33-,35-,36-,37+,38+,39+,41+/m1/s1. The molecule has 5 aromatic rings. The third-order valence-electron chi connectivity index (χ3n) is 14.1. The Morgan fingerprint density at radius 1 is 0.734 bits per heavy atom. The summed E-state index contributed by atoms with van der Waals surface area (Å²) in [6, 6.07) is 19.3. The topological polar surface area (TPSA) is 184 Å². The molecule has 64 heavy (non-hydrogen) atoms. The summed E-state index contributed by atoms with van der Waals surface area (Å²) in [6.45, 7) is 4.94. The van der Waals surface area contributed by atoms with Crippen molar-refractivity contribution < 1.29 is 33.4 Å². The molecule has 5 fully saturated rings. The number of aromatic amines is 2. The van der Waals surface area contributed by atoms with Crippen molar-refractivity contribution in [2.45, 2.75) is 88.6 Å². The molecule has 3 aliphatic heterocycles. The van der Waals surface area contributed by atoms with E-state index in [2.05, 4.69) is 69.1 Å². The number of alkyl carbamates (subject to hydrolysis) is 2. The van der Waals surface area contributed by atoms with Gasteiger partial charge in [0.05, 0.1) is 43.9 Å². The number of piperidine rings is 2. The van der Waals surface area contributed by atoms with Gasteiger partial charge in [0, 0.05) is 36.4 Å². The molecule has 4 amide bonds. The van der Waals surface area contributed by atoms with E-state index in [9.17, 15) is 19.2 Å². The number of methoxy groups -OCH3 is 2. The Morgan fingerprint density at radius 3 is 1.97 bits per heavy atom. The van der Waals surface area contributed by atoms with Gasteiger partial charge in [0.25, 0.3) is 0 Å². The van der Waals surface area contributed by atoms with Gasteiger partial charge in [-0.15, -0.1) is 0 Å². The predicted octanol–water partition coefficient (Wildman–Crippen LogP) is 7.80.